The molecule has 98 heavy (non-hydrogen) atoms. The fraction of sp³-hybridized carbons (Fsp3) is 0.286. The number of carbonyl (C=O) groups is 6. The smallest absolute Gasteiger partial charge is 0.252 e. The van der Waals surface area contributed by atoms with Crippen molar-refractivity contribution in [2.45, 2.75) is 63.3 Å². The van der Waals surface area contributed by atoms with Gasteiger partial charge in [-0.1, -0.05) is 78.3 Å². The number of ether oxygens (including phenoxy) is 5. The SMILES string of the molecule is C=CC(=O)N1CCC[C@@H](n2cc(C(N)=O)c(-c3ccc(Cl)c(OCCOC)c3)n2)C1.C=CC(=O)N1CCC[C@@H](n2cc(C(N)=O)c(-c3ccc(OCc4ccccn4)c(Cl)c3)n2)C1.C=CC(=O)N1CCC[C@@H](n2cc(C(N)=O)c(-c3ccc(Oc4ccc(Cl)c(Cl)c4)c(OC)c3)n2)C1. The number of likely N-dealkylation sites (tertiary alicyclic amines) is 3. The molecule has 11 rings (SSSR count). The van der Waals surface area contributed by atoms with Gasteiger partial charge in [0, 0.05) is 93.9 Å². The van der Waals surface area contributed by atoms with Gasteiger partial charge in [0.15, 0.2) is 11.5 Å². The summed E-state index contributed by atoms with van der Waals surface area (Å²) in [7, 11) is 3.10. The summed E-state index contributed by atoms with van der Waals surface area (Å²) in [4.78, 5) is 82.0. The van der Waals surface area contributed by atoms with E-state index in [0.29, 0.717) is 146 Å². The van der Waals surface area contributed by atoms with Crippen molar-refractivity contribution in [3.63, 3.8) is 0 Å². The predicted octanol–water partition coefficient (Wildman–Crippen LogP) is 11.4. The van der Waals surface area contributed by atoms with Gasteiger partial charge < -0.3 is 55.6 Å². The number of carbonyl (C=O) groups excluding carboxylic acids is 6. The highest BCUT2D eigenvalue weighted by Crippen LogP contribution is 2.40. The summed E-state index contributed by atoms with van der Waals surface area (Å²) in [6.07, 6.45) is 15.5. The molecule has 3 aliphatic rings. The van der Waals surface area contributed by atoms with Crippen LogP contribution in [0.15, 0.2) is 154 Å². The van der Waals surface area contributed by atoms with E-state index in [1.165, 1.54) is 25.3 Å². The molecule has 4 aromatic heterocycles. The number of pyridine rings is 1. The number of rotatable bonds is 22. The minimum Gasteiger partial charge on any atom is -0.493 e. The van der Waals surface area contributed by atoms with Crippen LogP contribution in [-0.4, -0.2) is 151 Å². The lowest BCUT2D eigenvalue weighted by molar-refractivity contribution is -0.128. The Morgan fingerprint density at radius 2 is 0.969 bits per heavy atom. The highest BCUT2D eigenvalue weighted by Gasteiger charge is 2.31. The zero-order chi connectivity index (χ0) is 70.2. The van der Waals surface area contributed by atoms with Gasteiger partial charge in [0.25, 0.3) is 17.7 Å². The van der Waals surface area contributed by atoms with Gasteiger partial charge in [-0.2, -0.15) is 15.3 Å². The van der Waals surface area contributed by atoms with E-state index in [4.69, 9.17) is 87.3 Å². The van der Waals surface area contributed by atoms with Crippen molar-refractivity contribution in [2.24, 2.45) is 17.2 Å². The molecule has 0 bridgehead atoms. The number of nitrogens with zero attached hydrogens (tertiary/aromatic N) is 10. The number of benzene rings is 4. The van der Waals surface area contributed by atoms with E-state index in [1.54, 1.807) is 133 Å². The van der Waals surface area contributed by atoms with Gasteiger partial charge in [0.2, 0.25) is 17.7 Å². The van der Waals surface area contributed by atoms with Gasteiger partial charge in [-0.25, -0.2) is 0 Å². The summed E-state index contributed by atoms with van der Waals surface area (Å²) in [5.74, 6) is 0.209. The maximum Gasteiger partial charge on any atom is 0.252 e. The van der Waals surface area contributed by atoms with E-state index in [1.807, 2.05) is 18.2 Å². The van der Waals surface area contributed by atoms with E-state index in [-0.39, 0.29) is 48.0 Å². The standard InChI is InChI=1S/C25H24Cl2N4O4.C24H24ClN5O3.C21H25ClN4O4/c1-3-23(32)30-10-4-5-16(13-30)31-14-18(25(28)33)24(29-31)15-6-9-21(22(11-15)34-2)35-17-7-8-19(26)20(27)12-17;1-2-22(31)29-11-5-7-18(13-29)30-14-19(24(26)32)23(28-30)16-8-9-21(20(25)12-16)33-15-17-6-3-4-10-27-17;1-3-19(27)25-8-4-5-15(12-25)26-13-16(21(23)28)20(24-26)14-6-7-17(22)18(11-14)30-10-9-29-2/h3,6-9,11-12,14,16H,1,4-5,10,13H2,2H3,(H2,28,33);2-4,6,8-10,12,14,18H,1,5,7,11,13,15H2,(H2,26,32);3,6-7,11,13,15H,1,4-5,8-10,12H2,2H3,(H2,23,28)/t16-;18-;15-/m111/s1. The van der Waals surface area contributed by atoms with Crippen LogP contribution in [0.2, 0.25) is 20.1 Å². The van der Waals surface area contributed by atoms with E-state index in [0.717, 1.165) is 44.2 Å². The summed E-state index contributed by atoms with van der Waals surface area (Å²) in [6, 6.07) is 25.9. The second kappa shape index (κ2) is 33.8. The topological polar surface area (TPSA) is 303 Å². The third-order valence-corrected chi connectivity index (χ3v) is 17.7. The molecule has 0 unspecified atom stereocenters. The molecule has 7 heterocycles. The van der Waals surface area contributed by atoms with Crippen LogP contribution in [0, 0.1) is 0 Å². The van der Waals surface area contributed by atoms with E-state index in [2.05, 4.69) is 40.0 Å². The minimum atomic E-state index is -0.601. The largest absolute Gasteiger partial charge is 0.493 e. The van der Waals surface area contributed by atoms with Crippen molar-refractivity contribution in [2.75, 3.05) is 66.7 Å². The Morgan fingerprint density at radius 1 is 0.510 bits per heavy atom. The summed E-state index contributed by atoms with van der Waals surface area (Å²) >= 11 is 24.7. The summed E-state index contributed by atoms with van der Waals surface area (Å²) in [5.41, 5.74) is 21.8. The molecule has 3 saturated heterocycles. The normalized spacial score (nSPS) is 15.9. The molecule has 8 aromatic rings. The molecule has 4 aromatic carbocycles. The second-order valence-electron chi connectivity index (χ2n) is 22.8. The van der Waals surface area contributed by atoms with Crippen molar-refractivity contribution < 1.29 is 52.5 Å². The average molecular weight is 1410 g/mol. The molecule has 28 heteroatoms. The van der Waals surface area contributed by atoms with Crippen molar-refractivity contribution in [3.05, 3.63) is 196 Å². The second-order valence-corrected chi connectivity index (χ2v) is 24.5. The van der Waals surface area contributed by atoms with Crippen LogP contribution in [0.5, 0.6) is 28.7 Å². The number of aromatic nitrogens is 7. The summed E-state index contributed by atoms with van der Waals surface area (Å²) < 4.78 is 33.0. The van der Waals surface area contributed by atoms with Crippen molar-refractivity contribution >= 4 is 81.8 Å². The fourth-order valence-electron chi connectivity index (χ4n) is 11.4. The van der Waals surface area contributed by atoms with Crippen LogP contribution in [0.1, 0.15) is 93.4 Å². The highest BCUT2D eigenvalue weighted by atomic mass is 35.5. The number of amides is 6. The number of halogens is 4. The molecule has 512 valence electrons. The summed E-state index contributed by atoms with van der Waals surface area (Å²) in [5, 5.41) is 15.6. The fourth-order valence-corrected chi connectivity index (χ4v) is 12.1. The molecule has 0 spiro atoms. The highest BCUT2D eigenvalue weighted by molar-refractivity contribution is 6.42. The number of hydrogen-bond acceptors (Lipinski definition) is 15. The van der Waals surface area contributed by atoms with Gasteiger partial charge in [0.05, 0.1) is 74.3 Å². The van der Waals surface area contributed by atoms with Gasteiger partial charge >= 0.3 is 0 Å². The zero-order valence-corrected chi connectivity index (χ0v) is 56.9. The van der Waals surface area contributed by atoms with Gasteiger partial charge in [-0.05, 0) is 130 Å². The minimum absolute atomic E-state index is 0.0563. The van der Waals surface area contributed by atoms with Crippen LogP contribution in [0.4, 0.5) is 0 Å². The first-order chi connectivity index (χ1) is 47.2. The molecular formula is C70H73Cl4N13O11. The lowest BCUT2D eigenvalue weighted by Gasteiger charge is -2.32. The van der Waals surface area contributed by atoms with E-state index >= 15 is 0 Å². The Kier molecular flexibility index (Phi) is 24.9. The first kappa shape index (κ1) is 72.3. The Morgan fingerprint density at radius 3 is 1.40 bits per heavy atom. The van der Waals surface area contributed by atoms with Gasteiger partial charge in [0.1, 0.15) is 47.5 Å². The number of piperidine rings is 3. The van der Waals surface area contributed by atoms with Crippen LogP contribution in [0.3, 0.4) is 0 Å². The molecule has 0 aliphatic carbocycles. The van der Waals surface area contributed by atoms with Crippen LogP contribution in [-0.2, 0) is 25.7 Å². The van der Waals surface area contributed by atoms with Gasteiger partial charge in [-0.3, -0.25) is 47.8 Å². The van der Waals surface area contributed by atoms with Crippen LogP contribution >= 0.6 is 46.4 Å². The first-order valence-corrected chi connectivity index (χ1v) is 32.7. The van der Waals surface area contributed by atoms with Gasteiger partial charge in [-0.15, -0.1) is 0 Å². The average Bonchev–Trinajstić information content (AvgIpc) is 1.64. The van der Waals surface area contributed by atoms with Crippen molar-refractivity contribution in [1.29, 1.82) is 0 Å². The van der Waals surface area contributed by atoms with E-state index < -0.39 is 17.7 Å². The Hall–Kier alpha value is -9.98. The number of primary amides is 3. The maximum absolute atomic E-state index is 12.2. The molecule has 6 amide bonds. The number of methoxy groups -OCH3 is 2. The molecular weight excluding hydrogens is 1340 g/mol. The third kappa shape index (κ3) is 18.0. The molecule has 24 nitrogen and oxygen atoms in total. The lowest BCUT2D eigenvalue weighted by atomic mass is 10.1. The monoisotopic (exact) mass is 1410 g/mol. The van der Waals surface area contributed by atoms with Crippen molar-refractivity contribution in [3.8, 4) is 62.5 Å². The maximum atomic E-state index is 12.2. The molecule has 3 atom stereocenters. The molecule has 3 aliphatic heterocycles. The Labute approximate surface area is 586 Å². The quantitative estimate of drug-likeness (QED) is 0.0420. The molecule has 0 radical (unpaired) electrons. The Bertz CT molecular complexity index is 4250. The third-order valence-electron chi connectivity index (χ3n) is 16.4. The predicted molar refractivity (Wildman–Crippen MR) is 373 cm³/mol. The molecule has 3 fully saturated rings. The van der Waals surface area contributed by atoms with Crippen LogP contribution < -0.4 is 36.1 Å². The molecule has 6 N–H and O–H groups in total. The first-order valence-electron chi connectivity index (χ1n) is 31.2. The Balaban J connectivity index is 0.000000173. The zero-order valence-electron chi connectivity index (χ0n) is 53.9. The number of hydrogen-bond donors (Lipinski definition) is 3. The summed E-state index contributed by atoms with van der Waals surface area (Å²) in [6.45, 7) is 15.2. The van der Waals surface area contributed by atoms with Crippen molar-refractivity contribution in [1.82, 2.24) is 49.0 Å². The van der Waals surface area contributed by atoms with E-state index in [9.17, 15) is 28.8 Å². The van der Waals surface area contributed by atoms with Crippen LogP contribution in [0.25, 0.3) is 33.8 Å². The number of nitrogens with two attached hydrogens (primary N) is 3. The lowest BCUT2D eigenvalue weighted by Crippen LogP contribution is -2.40. The molecule has 0 saturated carbocycles.